The Morgan fingerprint density at radius 3 is 2.76 bits per heavy atom. The van der Waals surface area contributed by atoms with Gasteiger partial charge in [-0.15, -0.1) is 0 Å². The molecule has 1 aromatic rings. The molecule has 1 amide bonds. The van der Waals surface area contributed by atoms with Crippen molar-refractivity contribution in [2.45, 2.75) is 31.2 Å². The summed E-state index contributed by atoms with van der Waals surface area (Å²) >= 11 is 0. The van der Waals surface area contributed by atoms with Crippen molar-refractivity contribution in [1.29, 1.82) is 0 Å². The van der Waals surface area contributed by atoms with Gasteiger partial charge in [0.1, 0.15) is 10.7 Å². The van der Waals surface area contributed by atoms with Crippen LogP contribution in [0.2, 0.25) is 0 Å². The number of carbonyl (C=O) groups is 1. The Morgan fingerprint density at radius 1 is 1.48 bits per heavy atom. The molecule has 1 saturated heterocycles. The molecule has 0 spiro atoms. The van der Waals surface area contributed by atoms with Crippen LogP contribution >= 0.6 is 0 Å². The Hall–Kier alpha value is -1.67. The summed E-state index contributed by atoms with van der Waals surface area (Å²) in [5.74, 6) is -1.03. The predicted molar refractivity (Wildman–Crippen MR) is 76.5 cm³/mol. The molecule has 1 aliphatic heterocycles. The number of nitrogens with zero attached hydrogens (tertiary/aromatic N) is 1. The van der Waals surface area contributed by atoms with E-state index < -0.39 is 20.7 Å². The fourth-order valence-corrected chi connectivity index (χ4v) is 3.94. The van der Waals surface area contributed by atoms with E-state index in [2.05, 4.69) is 5.32 Å². The molecule has 1 fully saturated rings. The van der Waals surface area contributed by atoms with Crippen LogP contribution in [-0.2, 0) is 14.8 Å². The minimum Gasteiger partial charge on any atom is -0.398 e. The first-order valence-electron chi connectivity index (χ1n) is 6.54. The highest BCUT2D eigenvalue weighted by Crippen LogP contribution is 2.26. The maximum Gasteiger partial charge on any atom is 0.246 e. The molecule has 3 N–H and O–H groups in total. The summed E-state index contributed by atoms with van der Waals surface area (Å²) in [5.41, 5.74) is 6.39. The summed E-state index contributed by atoms with van der Waals surface area (Å²) in [6.45, 7) is 3.35. The largest absolute Gasteiger partial charge is 0.398 e. The molecule has 8 heteroatoms. The van der Waals surface area contributed by atoms with Crippen LogP contribution in [0, 0.1) is 12.7 Å². The van der Waals surface area contributed by atoms with Gasteiger partial charge < -0.3 is 11.1 Å². The molecule has 0 aliphatic carbocycles. The monoisotopic (exact) mass is 315 g/mol. The first-order chi connectivity index (χ1) is 9.71. The number of aryl methyl sites for hydroxylation is 1. The van der Waals surface area contributed by atoms with Gasteiger partial charge in [-0.3, -0.25) is 4.79 Å². The maximum atomic E-state index is 14.0. The Labute approximate surface area is 123 Å². The van der Waals surface area contributed by atoms with Gasteiger partial charge in [0, 0.05) is 31.7 Å². The van der Waals surface area contributed by atoms with E-state index in [1.54, 1.807) is 6.92 Å². The van der Waals surface area contributed by atoms with Crippen molar-refractivity contribution in [3.63, 3.8) is 0 Å². The lowest BCUT2D eigenvalue weighted by molar-refractivity contribution is -0.119. The van der Waals surface area contributed by atoms with Crippen LogP contribution in [0.25, 0.3) is 0 Å². The number of nitrogens with one attached hydrogen (secondary N) is 1. The third-order valence-corrected chi connectivity index (χ3v) is 5.38. The molecule has 6 nitrogen and oxygen atoms in total. The number of benzene rings is 1. The van der Waals surface area contributed by atoms with E-state index in [0.717, 1.165) is 12.1 Å². The van der Waals surface area contributed by atoms with Gasteiger partial charge in [-0.1, -0.05) is 0 Å². The van der Waals surface area contributed by atoms with Crippen LogP contribution in [-0.4, -0.2) is 37.8 Å². The molecule has 1 aliphatic rings. The number of halogens is 1. The van der Waals surface area contributed by atoms with Crippen LogP contribution in [0.4, 0.5) is 10.1 Å². The van der Waals surface area contributed by atoms with Crippen LogP contribution in [0.3, 0.4) is 0 Å². The number of rotatable bonds is 3. The number of nitrogens with two attached hydrogens (primary N) is 1. The van der Waals surface area contributed by atoms with Crippen LogP contribution in [0.1, 0.15) is 18.9 Å². The van der Waals surface area contributed by atoms with Gasteiger partial charge in [0.25, 0.3) is 0 Å². The Balaban J connectivity index is 2.28. The van der Waals surface area contributed by atoms with Gasteiger partial charge >= 0.3 is 0 Å². The minimum absolute atomic E-state index is 0.134. The molecule has 0 aromatic heterocycles. The second kappa shape index (κ2) is 5.61. The number of carbonyl (C=O) groups excluding carboxylic acids is 1. The average molecular weight is 315 g/mol. The SMILES string of the molecule is CC(=O)NC1CCN(S(=O)(=O)c2cc(N)c(C)cc2F)C1. The van der Waals surface area contributed by atoms with Gasteiger partial charge in [0.15, 0.2) is 0 Å². The third-order valence-electron chi connectivity index (χ3n) is 3.50. The number of anilines is 1. The normalized spacial score (nSPS) is 19.7. The molecule has 21 heavy (non-hydrogen) atoms. The number of sulfonamides is 1. The van der Waals surface area contributed by atoms with Gasteiger partial charge in [0.05, 0.1) is 0 Å². The van der Waals surface area contributed by atoms with Crippen LogP contribution < -0.4 is 11.1 Å². The highest BCUT2D eigenvalue weighted by atomic mass is 32.2. The lowest BCUT2D eigenvalue weighted by Crippen LogP contribution is -2.37. The van der Waals surface area contributed by atoms with Gasteiger partial charge in [-0.2, -0.15) is 4.31 Å². The summed E-state index contributed by atoms with van der Waals surface area (Å²) in [5, 5.41) is 2.67. The zero-order valence-corrected chi connectivity index (χ0v) is 12.7. The first kappa shape index (κ1) is 15.7. The second-order valence-corrected chi connectivity index (χ2v) is 7.09. The van der Waals surface area contributed by atoms with Crippen LogP contribution in [0.5, 0.6) is 0 Å². The van der Waals surface area contributed by atoms with E-state index in [1.807, 2.05) is 0 Å². The van der Waals surface area contributed by atoms with E-state index in [9.17, 15) is 17.6 Å². The Bertz CT molecular complexity index is 675. The fraction of sp³-hybridized carbons (Fsp3) is 0.462. The summed E-state index contributed by atoms with van der Waals surface area (Å²) in [7, 11) is -3.95. The quantitative estimate of drug-likeness (QED) is 0.800. The summed E-state index contributed by atoms with van der Waals surface area (Å²) in [6, 6.07) is 2.01. The van der Waals surface area contributed by atoms with Gasteiger partial charge in [0.2, 0.25) is 15.9 Å². The van der Waals surface area contributed by atoms with Crippen molar-refractivity contribution in [1.82, 2.24) is 9.62 Å². The summed E-state index contributed by atoms with van der Waals surface area (Å²) < 4.78 is 40.1. The summed E-state index contributed by atoms with van der Waals surface area (Å²) in [6.07, 6.45) is 0.502. The smallest absolute Gasteiger partial charge is 0.246 e. The number of hydrogen-bond donors (Lipinski definition) is 2. The summed E-state index contributed by atoms with van der Waals surface area (Å²) in [4.78, 5) is 10.6. The highest BCUT2D eigenvalue weighted by Gasteiger charge is 2.34. The van der Waals surface area contributed by atoms with E-state index in [-0.39, 0.29) is 30.7 Å². The van der Waals surface area contributed by atoms with E-state index in [1.165, 1.54) is 11.2 Å². The molecule has 2 rings (SSSR count). The van der Waals surface area contributed by atoms with Crippen molar-refractivity contribution >= 4 is 21.6 Å². The van der Waals surface area contributed by atoms with Crippen molar-refractivity contribution in [2.75, 3.05) is 18.8 Å². The zero-order chi connectivity index (χ0) is 15.8. The fourth-order valence-electron chi connectivity index (χ4n) is 2.36. The van der Waals surface area contributed by atoms with E-state index in [0.29, 0.717) is 12.0 Å². The zero-order valence-electron chi connectivity index (χ0n) is 11.9. The molecule has 1 heterocycles. The van der Waals surface area contributed by atoms with E-state index >= 15 is 0 Å². The minimum atomic E-state index is -3.95. The lowest BCUT2D eigenvalue weighted by Gasteiger charge is -2.18. The van der Waals surface area contributed by atoms with Crippen LogP contribution in [0.15, 0.2) is 17.0 Å². The molecule has 1 aromatic carbocycles. The second-order valence-electron chi connectivity index (χ2n) is 5.19. The van der Waals surface area contributed by atoms with Crippen molar-refractivity contribution in [3.8, 4) is 0 Å². The van der Waals surface area contributed by atoms with Crippen molar-refractivity contribution in [3.05, 3.63) is 23.5 Å². The number of amides is 1. The molecule has 0 bridgehead atoms. The third kappa shape index (κ3) is 3.16. The van der Waals surface area contributed by atoms with Crippen molar-refractivity contribution < 1.29 is 17.6 Å². The molecular weight excluding hydrogens is 297 g/mol. The van der Waals surface area contributed by atoms with Gasteiger partial charge in [-0.05, 0) is 31.0 Å². The molecular formula is C13H18FN3O3S. The Kier molecular flexibility index (Phi) is 4.20. The number of nitrogen functional groups attached to an aromatic ring is 1. The standard InChI is InChI=1S/C13H18FN3O3S/c1-8-5-11(14)13(6-12(8)15)21(19,20)17-4-3-10(7-17)16-9(2)18/h5-6,10H,3-4,7,15H2,1-2H3,(H,16,18). The maximum absolute atomic E-state index is 14.0. The first-order valence-corrected chi connectivity index (χ1v) is 7.98. The van der Waals surface area contributed by atoms with Crippen molar-refractivity contribution in [2.24, 2.45) is 0 Å². The lowest BCUT2D eigenvalue weighted by atomic mass is 10.2. The molecule has 1 atom stereocenters. The molecule has 0 radical (unpaired) electrons. The molecule has 0 saturated carbocycles. The van der Waals surface area contributed by atoms with Gasteiger partial charge in [-0.25, -0.2) is 12.8 Å². The molecule has 116 valence electrons. The topological polar surface area (TPSA) is 92.5 Å². The highest BCUT2D eigenvalue weighted by molar-refractivity contribution is 7.89. The Morgan fingerprint density at radius 2 is 2.14 bits per heavy atom. The number of hydrogen-bond acceptors (Lipinski definition) is 4. The predicted octanol–water partition coefficient (Wildman–Crippen LogP) is 0.615. The van der Waals surface area contributed by atoms with E-state index in [4.69, 9.17) is 5.73 Å². The average Bonchev–Trinajstić information content (AvgIpc) is 2.81. The molecule has 1 unspecified atom stereocenters.